The van der Waals surface area contributed by atoms with Gasteiger partial charge in [-0.1, -0.05) is 28.1 Å². The van der Waals surface area contributed by atoms with Crippen molar-refractivity contribution >= 4 is 42.6 Å². The van der Waals surface area contributed by atoms with Crippen molar-refractivity contribution in [2.24, 2.45) is 0 Å². The highest BCUT2D eigenvalue weighted by Crippen LogP contribution is 2.33. The molecule has 0 bridgehead atoms. The smallest absolute Gasteiger partial charge is 0.148 e. The summed E-state index contributed by atoms with van der Waals surface area (Å²) in [4.78, 5) is 4.23. The second-order valence-corrected chi connectivity index (χ2v) is 4.78. The summed E-state index contributed by atoms with van der Waals surface area (Å²) in [6.07, 6.45) is 0. The zero-order chi connectivity index (χ0) is 11.0. The number of halogens is 2. The fraction of sp³-hybridized carbons (Fsp3) is 0.0909. The van der Waals surface area contributed by atoms with Crippen LogP contribution in [0.15, 0.2) is 27.1 Å². The molecule has 1 aromatic heterocycles. The molecule has 0 aliphatic rings. The van der Waals surface area contributed by atoms with Crippen LogP contribution < -0.4 is 0 Å². The van der Waals surface area contributed by atoms with Crippen LogP contribution >= 0.6 is 31.9 Å². The summed E-state index contributed by atoms with van der Waals surface area (Å²) in [6.45, 7) is 1.88. The Balaban J connectivity index is 3.05. The number of aromatic nitrogens is 1. The van der Waals surface area contributed by atoms with E-state index in [-0.39, 0.29) is 0 Å². The van der Waals surface area contributed by atoms with E-state index >= 15 is 0 Å². The Kier molecular flexibility index (Phi) is 2.76. The van der Waals surface area contributed by atoms with Gasteiger partial charge in [-0.25, -0.2) is 4.98 Å². The van der Waals surface area contributed by atoms with E-state index in [0.29, 0.717) is 5.69 Å². The topological polar surface area (TPSA) is 36.7 Å². The molecule has 0 unspecified atom stereocenters. The molecule has 2 aromatic rings. The fourth-order valence-electron chi connectivity index (χ4n) is 1.49. The van der Waals surface area contributed by atoms with Gasteiger partial charge in [0.25, 0.3) is 0 Å². The van der Waals surface area contributed by atoms with E-state index in [1.54, 1.807) is 0 Å². The summed E-state index contributed by atoms with van der Waals surface area (Å²) < 4.78 is 1.90. The molecule has 0 spiro atoms. The number of hydrogen-bond donors (Lipinski definition) is 0. The monoisotopic (exact) mass is 324 g/mol. The molecule has 74 valence electrons. The van der Waals surface area contributed by atoms with Crippen LogP contribution in [-0.2, 0) is 0 Å². The Morgan fingerprint density at radius 3 is 2.73 bits per heavy atom. The van der Waals surface area contributed by atoms with Gasteiger partial charge < -0.3 is 0 Å². The lowest BCUT2D eigenvalue weighted by molar-refractivity contribution is 1.17. The lowest BCUT2D eigenvalue weighted by Gasteiger charge is -2.07. The van der Waals surface area contributed by atoms with Gasteiger partial charge >= 0.3 is 0 Å². The van der Waals surface area contributed by atoms with Gasteiger partial charge in [0.15, 0.2) is 0 Å². The molecule has 0 saturated carbocycles. The second kappa shape index (κ2) is 3.92. The highest BCUT2D eigenvalue weighted by molar-refractivity contribution is 9.11. The van der Waals surface area contributed by atoms with Crippen LogP contribution in [0.5, 0.6) is 0 Å². The maximum absolute atomic E-state index is 9.00. The number of rotatable bonds is 0. The first kappa shape index (κ1) is 10.6. The molecule has 1 aromatic carbocycles. The first-order valence-electron chi connectivity index (χ1n) is 4.29. The van der Waals surface area contributed by atoms with E-state index in [1.807, 2.05) is 25.1 Å². The molecule has 2 nitrogen and oxygen atoms in total. The molecule has 0 radical (unpaired) electrons. The summed E-state index contributed by atoms with van der Waals surface area (Å²) in [6, 6.07) is 7.86. The quantitative estimate of drug-likeness (QED) is 0.735. The van der Waals surface area contributed by atoms with Crippen LogP contribution in [0.1, 0.15) is 11.4 Å². The van der Waals surface area contributed by atoms with Crippen LogP contribution in [0.25, 0.3) is 10.8 Å². The predicted octanol–water partition coefficient (Wildman–Crippen LogP) is 3.94. The van der Waals surface area contributed by atoms with E-state index in [4.69, 9.17) is 5.26 Å². The SMILES string of the molecule is Cc1nc(C#N)c2cccc(Br)c2c1Br. The first-order chi connectivity index (χ1) is 7.15. The molecular formula is C11H6Br2N2. The maximum atomic E-state index is 9.00. The Hall–Kier alpha value is -0.920. The maximum Gasteiger partial charge on any atom is 0.148 e. The minimum absolute atomic E-state index is 0.465. The zero-order valence-electron chi connectivity index (χ0n) is 7.88. The third kappa shape index (κ3) is 1.66. The van der Waals surface area contributed by atoms with E-state index in [9.17, 15) is 0 Å². The van der Waals surface area contributed by atoms with Crippen LogP contribution in [0.4, 0.5) is 0 Å². The highest BCUT2D eigenvalue weighted by Gasteiger charge is 2.11. The van der Waals surface area contributed by atoms with Gasteiger partial charge in [-0.05, 0) is 28.9 Å². The van der Waals surface area contributed by atoms with Gasteiger partial charge in [-0.15, -0.1) is 0 Å². The van der Waals surface area contributed by atoms with E-state index < -0.39 is 0 Å². The van der Waals surface area contributed by atoms with E-state index in [1.165, 1.54) is 0 Å². The molecule has 4 heteroatoms. The van der Waals surface area contributed by atoms with Crippen molar-refractivity contribution in [2.45, 2.75) is 6.92 Å². The normalized spacial score (nSPS) is 10.3. The molecule has 0 atom stereocenters. The van der Waals surface area contributed by atoms with Crippen molar-refractivity contribution in [1.82, 2.24) is 4.98 Å². The van der Waals surface area contributed by atoms with Crippen molar-refractivity contribution in [3.8, 4) is 6.07 Å². The lowest BCUT2D eigenvalue weighted by Crippen LogP contribution is -1.92. The van der Waals surface area contributed by atoms with E-state index in [0.717, 1.165) is 25.4 Å². The van der Waals surface area contributed by atoms with Crippen LogP contribution in [0, 0.1) is 18.3 Å². The van der Waals surface area contributed by atoms with Gasteiger partial charge in [-0.3, -0.25) is 0 Å². The third-order valence-corrected chi connectivity index (χ3v) is 3.82. The van der Waals surface area contributed by atoms with Crippen LogP contribution in [0.3, 0.4) is 0 Å². The molecule has 0 N–H and O–H groups in total. The zero-order valence-corrected chi connectivity index (χ0v) is 11.1. The molecule has 0 aliphatic heterocycles. The van der Waals surface area contributed by atoms with Crippen molar-refractivity contribution < 1.29 is 0 Å². The number of aryl methyl sites for hydroxylation is 1. The Morgan fingerprint density at radius 2 is 2.07 bits per heavy atom. The van der Waals surface area contributed by atoms with Crippen molar-refractivity contribution in [3.63, 3.8) is 0 Å². The largest absolute Gasteiger partial charge is 0.241 e. The number of fused-ring (bicyclic) bond motifs is 1. The van der Waals surface area contributed by atoms with Gasteiger partial charge in [0.2, 0.25) is 0 Å². The van der Waals surface area contributed by atoms with Gasteiger partial charge in [0, 0.05) is 19.7 Å². The molecule has 0 fully saturated rings. The molecule has 2 rings (SSSR count). The summed E-state index contributed by atoms with van der Waals surface area (Å²) in [5.74, 6) is 0. The summed E-state index contributed by atoms with van der Waals surface area (Å²) in [7, 11) is 0. The summed E-state index contributed by atoms with van der Waals surface area (Å²) in [5.41, 5.74) is 1.29. The van der Waals surface area contributed by atoms with Gasteiger partial charge in [0.05, 0.1) is 5.69 Å². The Labute approximate surface area is 104 Å². The molecule has 1 heterocycles. The number of pyridine rings is 1. The van der Waals surface area contributed by atoms with Crippen molar-refractivity contribution in [1.29, 1.82) is 5.26 Å². The number of benzene rings is 1. The second-order valence-electron chi connectivity index (χ2n) is 3.13. The summed E-state index contributed by atoms with van der Waals surface area (Å²) in [5, 5.41) is 10.9. The van der Waals surface area contributed by atoms with Crippen molar-refractivity contribution in [3.05, 3.63) is 38.5 Å². The van der Waals surface area contributed by atoms with Gasteiger partial charge in [0.1, 0.15) is 11.8 Å². The number of hydrogen-bond acceptors (Lipinski definition) is 2. The number of nitrogens with zero attached hydrogens (tertiary/aromatic N) is 2. The first-order valence-corrected chi connectivity index (χ1v) is 5.88. The molecule has 0 aliphatic carbocycles. The lowest BCUT2D eigenvalue weighted by atomic mass is 10.1. The average molecular weight is 326 g/mol. The molecular weight excluding hydrogens is 320 g/mol. The third-order valence-electron chi connectivity index (χ3n) is 2.19. The minimum atomic E-state index is 0.465. The number of nitriles is 1. The predicted molar refractivity (Wildman–Crippen MR) is 66.6 cm³/mol. The molecule has 0 saturated heterocycles. The molecule has 15 heavy (non-hydrogen) atoms. The Bertz CT molecular complexity index is 585. The summed E-state index contributed by atoms with van der Waals surface area (Å²) >= 11 is 6.97. The van der Waals surface area contributed by atoms with Gasteiger partial charge in [-0.2, -0.15) is 5.26 Å². The molecule has 0 amide bonds. The van der Waals surface area contributed by atoms with Crippen LogP contribution in [-0.4, -0.2) is 4.98 Å². The average Bonchev–Trinajstić information content (AvgIpc) is 2.23. The standard InChI is InChI=1S/C11H6Br2N2/c1-6-11(13)10-7(9(5-14)15-6)3-2-4-8(10)12/h2-4H,1H3. The highest BCUT2D eigenvalue weighted by atomic mass is 79.9. The fourth-order valence-corrected chi connectivity index (χ4v) is 2.83. The van der Waals surface area contributed by atoms with E-state index in [2.05, 4.69) is 42.9 Å². The Morgan fingerprint density at radius 1 is 1.33 bits per heavy atom. The van der Waals surface area contributed by atoms with Crippen LogP contribution in [0.2, 0.25) is 0 Å². The van der Waals surface area contributed by atoms with Crippen molar-refractivity contribution in [2.75, 3.05) is 0 Å². The minimum Gasteiger partial charge on any atom is -0.241 e.